The predicted molar refractivity (Wildman–Crippen MR) is 168 cm³/mol. The molecule has 44 heavy (non-hydrogen) atoms. The Morgan fingerprint density at radius 1 is 0.955 bits per heavy atom. The van der Waals surface area contributed by atoms with Crippen molar-refractivity contribution in [1.82, 2.24) is 4.90 Å². The Labute approximate surface area is 270 Å². The van der Waals surface area contributed by atoms with Gasteiger partial charge >= 0.3 is 0 Å². The third-order valence-corrected chi connectivity index (χ3v) is 11.7. The number of ketones is 1. The zero-order valence-electron chi connectivity index (χ0n) is 23.3. The van der Waals surface area contributed by atoms with E-state index < -0.39 is 57.0 Å². The standard InChI is InChI=1S/C33H25BrCl2N2O6/c1-16(39)17-6-9-19(10-7-17)38-28(41)22-13-12-21-24(25(22)29(38)42)14-32(35)30(43)37(15-34)31(44)33(32,36)26(21)23-11-8-18-4-2-3-5-20(18)27(23)40/h2-12,22,24-26,40H,13-15H2,1H3/t22-,24+,25-,26+,32+,33-/m0/s1. The number of nitrogens with zero attached hydrogens (tertiary/aromatic N) is 2. The normalized spacial score (nSPS) is 31.2. The Bertz CT molecular complexity index is 1860. The van der Waals surface area contributed by atoms with E-state index >= 15 is 0 Å². The number of likely N-dealkylation sites (tertiary alicyclic amines) is 1. The number of phenols is 1. The molecule has 2 heterocycles. The molecule has 0 spiro atoms. The van der Waals surface area contributed by atoms with Gasteiger partial charge in [-0.15, -0.1) is 23.2 Å². The number of anilines is 1. The first kappa shape index (κ1) is 29.2. The van der Waals surface area contributed by atoms with Crippen LogP contribution in [0.5, 0.6) is 5.75 Å². The van der Waals surface area contributed by atoms with Crippen LogP contribution in [0.25, 0.3) is 10.8 Å². The van der Waals surface area contributed by atoms with Gasteiger partial charge in [-0.3, -0.25) is 33.8 Å². The van der Waals surface area contributed by atoms with Gasteiger partial charge in [0.25, 0.3) is 11.8 Å². The largest absolute Gasteiger partial charge is 0.507 e. The molecule has 3 aromatic carbocycles. The minimum Gasteiger partial charge on any atom is -0.507 e. The number of hydrogen-bond donors (Lipinski definition) is 1. The molecule has 4 amide bonds. The summed E-state index contributed by atoms with van der Waals surface area (Å²) in [6.45, 7) is 1.43. The van der Waals surface area contributed by atoms with E-state index in [9.17, 15) is 29.1 Å². The number of allylic oxidation sites excluding steroid dienone is 2. The van der Waals surface area contributed by atoms with Crippen molar-refractivity contribution in [3.8, 4) is 5.75 Å². The van der Waals surface area contributed by atoms with Crippen molar-refractivity contribution in [3.63, 3.8) is 0 Å². The number of hydrogen-bond acceptors (Lipinski definition) is 6. The summed E-state index contributed by atoms with van der Waals surface area (Å²) in [5, 5.41) is 12.9. The van der Waals surface area contributed by atoms with E-state index in [1.807, 2.05) is 18.2 Å². The summed E-state index contributed by atoms with van der Waals surface area (Å²) >= 11 is 17.8. The molecule has 2 saturated heterocycles. The fraction of sp³-hybridized carbons (Fsp3) is 0.303. The first-order valence-electron chi connectivity index (χ1n) is 14.1. The van der Waals surface area contributed by atoms with E-state index in [2.05, 4.69) is 15.9 Å². The summed E-state index contributed by atoms with van der Waals surface area (Å²) in [7, 11) is 0. The maximum absolute atomic E-state index is 14.2. The molecule has 4 aliphatic rings. The SMILES string of the molecule is CC(=O)c1ccc(N2C(=O)[C@H]3[C@H](CC=C4[C@H]3C[C@@]3(Cl)C(=O)N(CBr)C(=O)[C@@]3(Cl)[C@H]4c3ccc4ccccc4c3O)C2=O)cc1. The van der Waals surface area contributed by atoms with E-state index in [0.29, 0.717) is 27.8 Å². The van der Waals surface area contributed by atoms with Crippen molar-refractivity contribution in [2.45, 2.75) is 35.4 Å². The van der Waals surface area contributed by atoms with E-state index in [1.165, 1.54) is 6.92 Å². The first-order valence-corrected chi connectivity index (χ1v) is 16.0. The van der Waals surface area contributed by atoms with Crippen LogP contribution in [-0.2, 0) is 19.2 Å². The summed E-state index contributed by atoms with van der Waals surface area (Å²) in [5.41, 5.74) is 1.55. The molecule has 8 nitrogen and oxygen atoms in total. The second kappa shape index (κ2) is 9.99. The molecule has 0 unspecified atom stereocenters. The van der Waals surface area contributed by atoms with Crippen LogP contribution >= 0.6 is 39.1 Å². The van der Waals surface area contributed by atoms with Gasteiger partial charge in [-0.1, -0.05) is 64.0 Å². The molecule has 11 heteroatoms. The van der Waals surface area contributed by atoms with Crippen LogP contribution in [0.3, 0.4) is 0 Å². The molecule has 3 aromatic rings. The van der Waals surface area contributed by atoms with Crippen molar-refractivity contribution >= 4 is 85.0 Å². The summed E-state index contributed by atoms with van der Waals surface area (Å²) in [6.07, 6.45) is 1.87. The van der Waals surface area contributed by atoms with Gasteiger partial charge in [-0.2, -0.15) is 0 Å². The highest BCUT2D eigenvalue weighted by molar-refractivity contribution is 9.09. The summed E-state index contributed by atoms with van der Waals surface area (Å²) in [6, 6.07) is 16.9. The number of imide groups is 2. The molecule has 7 rings (SSSR count). The maximum atomic E-state index is 14.2. The third kappa shape index (κ3) is 3.66. The third-order valence-electron chi connectivity index (χ3n) is 9.79. The second-order valence-electron chi connectivity index (χ2n) is 11.8. The van der Waals surface area contributed by atoms with Gasteiger partial charge < -0.3 is 5.11 Å². The minimum absolute atomic E-state index is 0.102. The van der Waals surface area contributed by atoms with E-state index in [0.717, 1.165) is 15.2 Å². The van der Waals surface area contributed by atoms with Crippen LogP contribution in [0.2, 0.25) is 0 Å². The number of aromatic hydroxyl groups is 1. The number of fused-ring (bicyclic) bond motifs is 5. The van der Waals surface area contributed by atoms with Crippen LogP contribution in [0.4, 0.5) is 5.69 Å². The number of alkyl halides is 3. The fourth-order valence-electron chi connectivity index (χ4n) is 7.70. The van der Waals surface area contributed by atoms with E-state index in [4.69, 9.17) is 23.2 Å². The van der Waals surface area contributed by atoms with Crippen molar-refractivity contribution in [2.24, 2.45) is 17.8 Å². The van der Waals surface area contributed by atoms with Gasteiger partial charge in [0.2, 0.25) is 11.8 Å². The quantitative estimate of drug-likeness (QED) is 0.124. The van der Waals surface area contributed by atoms with E-state index in [1.54, 1.807) is 48.5 Å². The lowest BCUT2D eigenvalue weighted by Gasteiger charge is -2.50. The smallest absolute Gasteiger partial charge is 0.254 e. The molecule has 3 fully saturated rings. The number of benzene rings is 3. The van der Waals surface area contributed by atoms with Crippen molar-refractivity contribution < 1.29 is 29.1 Å². The topological polar surface area (TPSA) is 112 Å². The van der Waals surface area contributed by atoms with Gasteiger partial charge in [0, 0.05) is 22.4 Å². The molecule has 0 bridgehead atoms. The lowest BCUT2D eigenvalue weighted by Crippen LogP contribution is -2.60. The summed E-state index contributed by atoms with van der Waals surface area (Å²) < 4.78 is 0. The monoisotopic (exact) mass is 694 g/mol. The summed E-state index contributed by atoms with van der Waals surface area (Å²) in [4.78, 5) is 65.7. The highest BCUT2D eigenvalue weighted by Crippen LogP contribution is 2.66. The second-order valence-corrected chi connectivity index (χ2v) is 13.6. The number of halogens is 3. The highest BCUT2D eigenvalue weighted by Gasteiger charge is 2.76. The van der Waals surface area contributed by atoms with Crippen LogP contribution in [0.15, 0.2) is 72.3 Å². The molecular weight excluding hydrogens is 671 g/mol. The molecule has 224 valence electrons. The van der Waals surface area contributed by atoms with Crippen LogP contribution in [0, 0.1) is 17.8 Å². The number of Topliss-reactive ketones (excluding diaryl/α,β-unsaturated/α-hetero) is 1. The molecule has 1 N–H and O–H groups in total. The van der Waals surface area contributed by atoms with Crippen LogP contribution < -0.4 is 4.90 Å². The van der Waals surface area contributed by atoms with Gasteiger partial charge in [0.1, 0.15) is 5.75 Å². The minimum atomic E-state index is -2.01. The van der Waals surface area contributed by atoms with E-state index in [-0.39, 0.29) is 29.8 Å². The van der Waals surface area contributed by atoms with Gasteiger partial charge in [0.05, 0.1) is 23.0 Å². The fourth-order valence-corrected chi connectivity index (χ4v) is 9.12. The Hall–Kier alpha value is -3.53. The molecule has 2 aliphatic carbocycles. The lowest BCUT2D eigenvalue weighted by molar-refractivity contribution is -0.138. The molecule has 0 aromatic heterocycles. The maximum Gasteiger partial charge on any atom is 0.254 e. The van der Waals surface area contributed by atoms with Crippen molar-refractivity contribution in [3.05, 3.63) is 83.4 Å². The van der Waals surface area contributed by atoms with Crippen molar-refractivity contribution in [1.29, 1.82) is 0 Å². The number of carbonyl (C=O) groups is 5. The Morgan fingerprint density at radius 3 is 2.34 bits per heavy atom. The number of carbonyl (C=O) groups excluding carboxylic acids is 5. The zero-order valence-corrected chi connectivity index (χ0v) is 26.4. The van der Waals surface area contributed by atoms with Gasteiger partial charge in [-0.25, -0.2) is 0 Å². The average Bonchev–Trinajstić information content (AvgIpc) is 3.35. The molecule has 0 radical (unpaired) electrons. The zero-order chi connectivity index (χ0) is 31.3. The van der Waals surface area contributed by atoms with Crippen LogP contribution in [-0.4, -0.2) is 54.6 Å². The number of amides is 4. The first-order chi connectivity index (χ1) is 21.0. The lowest BCUT2D eigenvalue weighted by atomic mass is 9.56. The number of rotatable bonds is 4. The Morgan fingerprint density at radius 2 is 1.66 bits per heavy atom. The van der Waals surface area contributed by atoms with Gasteiger partial charge in [-0.05, 0) is 55.3 Å². The number of phenolic OH excluding ortho intramolecular Hbond substituents is 1. The molecule has 1 saturated carbocycles. The molecule has 6 atom stereocenters. The predicted octanol–water partition coefficient (Wildman–Crippen LogP) is 5.66. The Balaban J connectivity index is 1.39. The summed E-state index contributed by atoms with van der Waals surface area (Å²) in [5.74, 6) is -5.88. The molecule has 2 aliphatic heterocycles. The average molecular weight is 696 g/mol. The highest BCUT2D eigenvalue weighted by atomic mass is 79.9. The van der Waals surface area contributed by atoms with Crippen LogP contribution in [0.1, 0.15) is 41.6 Å². The molecular formula is C33H25BrCl2N2O6. The van der Waals surface area contributed by atoms with Crippen molar-refractivity contribution in [2.75, 3.05) is 10.4 Å². The Kier molecular flexibility index (Phi) is 6.63. The van der Waals surface area contributed by atoms with Gasteiger partial charge in [0.15, 0.2) is 15.5 Å².